The number of hydrogen-bond acceptors (Lipinski definition) is 14. The summed E-state index contributed by atoms with van der Waals surface area (Å²) in [6.07, 6.45) is 2.91. The maximum Gasteiger partial charge on any atom is 0.232 e. The highest BCUT2D eigenvalue weighted by Gasteiger charge is 2.23. The van der Waals surface area contributed by atoms with Gasteiger partial charge in [-0.1, -0.05) is 29.8 Å². The smallest absolute Gasteiger partial charge is 0.232 e. The van der Waals surface area contributed by atoms with Crippen LogP contribution in [0.3, 0.4) is 0 Å². The van der Waals surface area contributed by atoms with Crippen LogP contribution in [0, 0.1) is 33.5 Å². The summed E-state index contributed by atoms with van der Waals surface area (Å²) in [7, 11) is 0. The first-order valence-electron chi connectivity index (χ1n) is 21.2. The van der Waals surface area contributed by atoms with E-state index in [1.165, 1.54) is 12.7 Å². The summed E-state index contributed by atoms with van der Waals surface area (Å²) in [5.74, 6) is 1.06. The number of carbonyl (C=O) groups is 2. The number of rotatable bonds is 13. The van der Waals surface area contributed by atoms with E-state index in [1.807, 2.05) is 69.3 Å². The minimum atomic E-state index is -0.301. The summed E-state index contributed by atoms with van der Waals surface area (Å²) in [6.45, 7) is 13.4. The molecule has 0 aliphatic carbocycles. The number of nitrogens with zero attached hydrogens (tertiary/aromatic N) is 10. The Morgan fingerprint density at radius 2 is 1.00 bits per heavy atom. The van der Waals surface area contributed by atoms with E-state index in [-0.39, 0.29) is 30.5 Å². The van der Waals surface area contributed by atoms with Crippen LogP contribution in [0.15, 0.2) is 85.5 Å². The molecule has 2 saturated heterocycles. The van der Waals surface area contributed by atoms with Crippen LogP contribution in [0.5, 0.6) is 0 Å². The Hall–Kier alpha value is -7.14. The lowest BCUT2D eigenvalue weighted by Crippen LogP contribution is -2.47. The molecule has 2 amide bonds. The van der Waals surface area contributed by atoms with Gasteiger partial charge in [0.1, 0.15) is 18.5 Å². The molecule has 0 atom stereocenters. The topological polar surface area (TPSA) is 173 Å². The minimum absolute atomic E-state index is 0.0224. The Morgan fingerprint density at radius 1 is 0.562 bits per heavy atom. The molecule has 18 heteroatoms. The second kappa shape index (κ2) is 19.5. The quantitative estimate of drug-likeness (QED) is 0.0894. The van der Waals surface area contributed by atoms with Gasteiger partial charge in [-0.3, -0.25) is 9.59 Å². The second-order valence-corrected chi connectivity index (χ2v) is 16.2. The average molecular weight is 885 g/mol. The average Bonchev–Trinajstić information content (AvgIpc) is 3.30. The number of halogens is 2. The van der Waals surface area contributed by atoms with Gasteiger partial charge in [0.25, 0.3) is 0 Å². The summed E-state index contributed by atoms with van der Waals surface area (Å²) < 4.78 is 14.2. The molecule has 2 aromatic heterocycles. The molecule has 2 aliphatic heterocycles. The molecule has 0 unspecified atom stereocenters. The SMILES string of the molecule is Cc1ccc(N2CCN(c3ncnc(Nc4cccc(NC(=O)CCC(=O)Nc5cccc(Nc6ncnc(N7CCN(c8ccc(Cl)c(C)c8)CC7)n6)c5C)c4C)n3)CC2)cc1F. The van der Waals surface area contributed by atoms with Crippen LogP contribution >= 0.6 is 11.6 Å². The summed E-state index contributed by atoms with van der Waals surface area (Å²) in [4.78, 5) is 61.8. The number of carbonyl (C=O) groups excluding carboxylic acids is 2. The van der Waals surface area contributed by atoms with E-state index >= 15 is 0 Å². The normalized spacial score (nSPS) is 14.0. The van der Waals surface area contributed by atoms with Gasteiger partial charge in [-0.2, -0.15) is 9.97 Å². The Kier molecular flexibility index (Phi) is 13.3. The van der Waals surface area contributed by atoms with Gasteiger partial charge < -0.3 is 40.9 Å². The van der Waals surface area contributed by atoms with Gasteiger partial charge in [-0.25, -0.2) is 24.3 Å². The van der Waals surface area contributed by atoms with Crippen molar-refractivity contribution in [2.75, 3.05) is 93.2 Å². The van der Waals surface area contributed by atoms with Gasteiger partial charge in [0.15, 0.2) is 0 Å². The standard InChI is InChI=1S/C46H50ClFN14O2/c1-29-11-12-34(26-36(29)48)60-19-23-62(24-20-60)46-52-28-50-44(58-46)56-40-10-6-8-38(32(40)4)54-42(64)16-15-41(63)53-37-7-5-9-39(31(37)3)55-43-49-27-51-45(57-43)61-21-17-59(18-22-61)33-13-14-35(47)30(2)25-33/h5-14,25-28H,15-24H2,1-4H3,(H,53,63)(H,54,64)(H,49,51,55,57)(H,50,52,56,58). The van der Waals surface area contributed by atoms with Crippen molar-refractivity contribution in [3.8, 4) is 0 Å². The molecule has 0 spiro atoms. The molecule has 330 valence electrons. The molecule has 6 aromatic rings. The van der Waals surface area contributed by atoms with Crippen LogP contribution in [0.1, 0.15) is 35.1 Å². The first-order chi connectivity index (χ1) is 31.0. The minimum Gasteiger partial charge on any atom is -0.368 e. The van der Waals surface area contributed by atoms with E-state index < -0.39 is 0 Å². The molecule has 4 heterocycles. The van der Waals surface area contributed by atoms with Crippen LogP contribution in [-0.2, 0) is 9.59 Å². The third kappa shape index (κ3) is 10.4. The van der Waals surface area contributed by atoms with Gasteiger partial charge in [0.05, 0.1) is 0 Å². The highest BCUT2D eigenvalue weighted by atomic mass is 35.5. The third-order valence-corrected chi connectivity index (χ3v) is 12.0. The summed E-state index contributed by atoms with van der Waals surface area (Å²) in [6, 6.07) is 22.4. The molecule has 64 heavy (non-hydrogen) atoms. The maximum absolute atomic E-state index is 14.2. The van der Waals surface area contributed by atoms with Gasteiger partial charge in [-0.05, 0) is 105 Å². The van der Waals surface area contributed by atoms with Crippen LogP contribution in [-0.4, -0.2) is 94.1 Å². The first kappa shape index (κ1) is 43.5. The van der Waals surface area contributed by atoms with Crippen molar-refractivity contribution < 1.29 is 14.0 Å². The zero-order valence-electron chi connectivity index (χ0n) is 36.2. The molecule has 0 bridgehead atoms. The van der Waals surface area contributed by atoms with Gasteiger partial charge in [0, 0.05) is 104 Å². The van der Waals surface area contributed by atoms with Crippen LogP contribution in [0.25, 0.3) is 0 Å². The van der Waals surface area contributed by atoms with E-state index in [0.29, 0.717) is 72.6 Å². The summed E-state index contributed by atoms with van der Waals surface area (Å²) in [5, 5.41) is 13.2. The number of aromatic nitrogens is 6. The van der Waals surface area contributed by atoms with Crippen molar-refractivity contribution in [2.45, 2.75) is 40.5 Å². The van der Waals surface area contributed by atoms with Gasteiger partial charge in [0.2, 0.25) is 35.6 Å². The number of hydrogen-bond donors (Lipinski definition) is 4. The maximum atomic E-state index is 14.2. The summed E-state index contributed by atoms with van der Waals surface area (Å²) in [5.41, 5.74) is 7.88. The number of anilines is 10. The number of benzene rings is 4. The lowest BCUT2D eigenvalue weighted by Gasteiger charge is -2.36. The fraction of sp³-hybridized carbons (Fsp3) is 0.304. The molecule has 2 aliphatic rings. The van der Waals surface area contributed by atoms with E-state index in [9.17, 15) is 14.0 Å². The Morgan fingerprint density at radius 3 is 1.47 bits per heavy atom. The van der Waals surface area contributed by atoms with Gasteiger partial charge in [-0.15, -0.1) is 0 Å². The van der Waals surface area contributed by atoms with Crippen LogP contribution in [0.2, 0.25) is 5.02 Å². The molecule has 16 nitrogen and oxygen atoms in total. The number of piperazine rings is 2. The van der Waals surface area contributed by atoms with Crippen LogP contribution < -0.4 is 40.9 Å². The molecule has 4 aromatic carbocycles. The predicted octanol–water partition coefficient (Wildman–Crippen LogP) is 7.58. The predicted molar refractivity (Wildman–Crippen MR) is 251 cm³/mol. The van der Waals surface area contributed by atoms with Crippen molar-refractivity contribution in [1.82, 2.24) is 29.9 Å². The molecule has 2 fully saturated rings. The fourth-order valence-corrected chi connectivity index (χ4v) is 7.76. The number of amides is 2. The Bertz CT molecular complexity index is 2470. The van der Waals surface area contributed by atoms with E-state index in [0.717, 1.165) is 65.0 Å². The number of nitrogens with one attached hydrogen (secondary N) is 4. The Labute approximate surface area is 376 Å². The van der Waals surface area contributed by atoms with Crippen molar-refractivity contribution in [1.29, 1.82) is 0 Å². The van der Waals surface area contributed by atoms with Crippen molar-refractivity contribution in [3.63, 3.8) is 0 Å². The van der Waals surface area contributed by atoms with Crippen LogP contribution in [0.4, 0.5) is 62.3 Å². The fourth-order valence-electron chi connectivity index (χ4n) is 7.64. The molecular weight excluding hydrogens is 835 g/mol. The lowest BCUT2D eigenvalue weighted by atomic mass is 10.1. The monoisotopic (exact) mass is 884 g/mol. The lowest BCUT2D eigenvalue weighted by molar-refractivity contribution is -0.121. The van der Waals surface area contributed by atoms with E-state index in [2.05, 4.69) is 71.9 Å². The molecular formula is C46H50ClFN14O2. The number of aryl methyl sites for hydroxylation is 2. The molecule has 4 N–H and O–H groups in total. The molecule has 0 saturated carbocycles. The highest BCUT2D eigenvalue weighted by molar-refractivity contribution is 6.31. The zero-order valence-corrected chi connectivity index (χ0v) is 37.0. The largest absolute Gasteiger partial charge is 0.368 e. The Balaban J connectivity index is 0.809. The van der Waals surface area contributed by atoms with Gasteiger partial charge >= 0.3 is 0 Å². The van der Waals surface area contributed by atoms with Crippen molar-refractivity contribution in [3.05, 3.63) is 119 Å². The molecule has 0 radical (unpaired) electrons. The third-order valence-electron chi connectivity index (χ3n) is 11.6. The molecule has 8 rings (SSSR count). The second-order valence-electron chi connectivity index (χ2n) is 15.8. The first-order valence-corrected chi connectivity index (χ1v) is 21.6. The van der Waals surface area contributed by atoms with Crippen molar-refractivity contribution in [2.24, 2.45) is 0 Å². The van der Waals surface area contributed by atoms with Crippen molar-refractivity contribution >= 4 is 81.3 Å². The van der Waals surface area contributed by atoms with E-state index in [1.54, 1.807) is 25.1 Å². The highest BCUT2D eigenvalue weighted by Crippen LogP contribution is 2.29. The zero-order chi connectivity index (χ0) is 44.7. The summed E-state index contributed by atoms with van der Waals surface area (Å²) >= 11 is 6.24. The van der Waals surface area contributed by atoms with E-state index in [4.69, 9.17) is 16.6 Å².